The first kappa shape index (κ1) is 17.9. The molecule has 5 heteroatoms. The van der Waals surface area contributed by atoms with Gasteiger partial charge in [-0.05, 0) is 31.6 Å². The highest BCUT2D eigenvalue weighted by Crippen LogP contribution is 2.06. The first-order valence-electron chi connectivity index (χ1n) is 6.88. The average Bonchev–Trinajstić information content (AvgIpc) is 2.26. The molecule has 0 aliphatic carbocycles. The van der Waals surface area contributed by atoms with Gasteiger partial charge >= 0.3 is 5.97 Å². The van der Waals surface area contributed by atoms with Crippen molar-refractivity contribution in [1.82, 2.24) is 5.32 Å². The number of ether oxygens (including phenoxy) is 1. The first-order valence-corrected chi connectivity index (χ1v) is 6.88. The lowest BCUT2D eigenvalue weighted by molar-refractivity contribution is -0.144. The van der Waals surface area contributed by atoms with Crippen LogP contribution >= 0.6 is 0 Å². The molecular weight excluding hydrogens is 246 g/mol. The number of hydrogen-bond donors (Lipinski definition) is 2. The number of hydrogen-bond acceptors (Lipinski definition) is 3. The van der Waals surface area contributed by atoms with Crippen molar-refractivity contribution in [3.8, 4) is 0 Å². The minimum absolute atomic E-state index is 0.207. The largest absolute Gasteiger partial charge is 0.480 e. The quantitative estimate of drug-likeness (QED) is 0.674. The Morgan fingerprint density at radius 2 is 1.68 bits per heavy atom. The van der Waals surface area contributed by atoms with E-state index in [-0.39, 0.29) is 11.8 Å². The third kappa shape index (κ3) is 8.59. The summed E-state index contributed by atoms with van der Waals surface area (Å²) in [5.41, 5.74) is 0. The molecule has 0 aliphatic rings. The topological polar surface area (TPSA) is 75.6 Å². The Labute approximate surface area is 115 Å². The number of amides is 1. The van der Waals surface area contributed by atoms with E-state index in [0.29, 0.717) is 18.9 Å². The van der Waals surface area contributed by atoms with E-state index >= 15 is 0 Å². The van der Waals surface area contributed by atoms with Crippen LogP contribution in [0.25, 0.3) is 0 Å². The van der Waals surface area contributed by atoms with Crippen molar-refractivity contribution in [2.24, 2.45) is 11.8 Å². The van der Waals surface area contributed by atoms with Crippen LogP contribution in [0.1, 0.15) is 47.5 Å². The Hall–Kier alpha value is -1.10. The highest BCUT2D eigenvalue weighted by atomic mass is 16.5. The van der Waals surface area contributed by atoms with Crippen LogP contribution in [0.4, 0.5) is 0 Å². The van der Waals surface area contributed by atoms with Crippen LogP contribution < -0.4 is 5.32 Å². The Morgan fingerprint density at radius 1 is 1.11 bits per heavy atom. The summed E-state index contributed by atoms with van der Waals surface area (Å²) in [5, 5.41) is 11.6. The number of carbonyl (C=O) groups is 2. The second kappa shape index (κ2) is 8.91. The van der Waals surface area contributed by atoms with Crippen molar-refractivity contribution in [2.45, 2.75) is 59.6 Å². The lowest BCUT2D eigenvalue weighted by atomic mass is 10.0. The van der Waals surface area contributed by atoms with Crippen LogP contribution in [0.2, 0.25) is 0 Å². The number of aliphatic carboxylic acids is 1. The molecule has 0 saturated carbocycles. The molecule has 112 valence electrons. The third-order valence-electron chi connectivity index (χ3n) is 2.75. The van der Waals surface area contributed by atoms with E-state index in [2.05, 4.69) is 19.2 Å². The first-order chi connectivity index (χ1) is 8.73. The van der Waals surface area contributed by atoms with Gasteiger partial charge in [0.15, 0.2) is 0 Å². The zero-order chi connectivity index (χ0) is 15.0. The van der Waals surface area contributed by atoms with Gasteiger partial charge in [0, 0.05) is 6.61 Å². The number of carboxylic acids is 1. The van der Waals surface area contributed by atoms with Crippen LogP contribution in [-0.2, 0) is 14.3 Å². The second-order valence-electron chi connectivity index (χ2n) is 5.72. The molecule has 1 amide bonds. The normalized spacial score (nSPS) is 14.5. The van der Waals surface area contributed by atoms with Gasteiger partial charge in [0.25, 0.3) is 0 Å². The Kier molecular flexibility index (Phi) is 8.39. The predicted molar refractivity (Wildman–Crippen MR) is 73.9 cm³/mol. The summed E-state index contributed by atoms with van der Waals surface area (Å²) in [5.74, 6) is -0.644. The number of carbonyl (C=O) groups excluding carboxylic acids is 1. The molecule has 0 heterocycles. The SMILES string of the molecule is CC(C)CCOC(C)C(=O)NC(CC(C)C)C(=O)O. The van der Waals surface area contributed by atoms with Crippen LogP contribution in [0.15, 0.2) is 0 Å². The average molecular weight is 273 g/mol. The van der Waals surface area contributed by atoms with Gasteiger partial charge in [0.05, 0.1) is 0 Å². The predicted octanol–water partition coefficient (Wildman–Crippen LogP) is 2.05. The molecule has 0 fully saturated rings. The van der Waals surface area contributed by atoms with E-state index in [1.165, 1.54) is 0 Å². The molecule has 0 spiro atoms. The van der Waals surface area contributed by atoms with E-state index in [4.69, 9.17) is 9.84 Å². The zero-order valence-corrected chi connectivity index (χ0v) is 12.6. The van der Waals surface area contributed by atoms with Gasteiger partial charge in [0.2, 0.25) is 5.91 Å². The summed E-state index contributed by atoms with van der Waals surface area (Å²) in [6, 6.07) is -0.844. The van der Waals surface area contributed by atoms with Crippen LogP contribution in [0, 0.1) is 11.8 Å². The minimum atomic E-state index is -1.00. The molecule has 0 aromatic heterocycles. The Morgan fingerprint density at radius 3 is 2.11 bits per heavy atom. The van der Waals surface area contributed by atoms with Gasteiger partial charge in [-0.2, -0.15) is 0 Å². The fourth-order valence-corrected chi connectivity index (χ4v) is 1.54. The van der Waals surface area contributed by atoms with Crippen molar-refractivity contribution in [3.63, 3.8) is 0 Å². The fourth-order valence-electron chi connectivity index (χ4n) is 1.54. The van der Waals surface area contributed by atoms with Gasteiger partial charge in [-0.1, -0.05) is 27.7 Å². The Bertz CT molecular complexity index is 289. The minimum Gasteiger partial charge on any atom is -0.480 e. The molecule has 2 unspecified atom stereocenters. The number of nitrogens with one attached hydrogen (secondary N) is 1. The van der Waals surface area contributed by atoms with E-state index in [0.717, 1.165) is 6.42 Å². The zero-order valence-electron chi connectivity index (χ0n) is 12.6. The molecule has 0 radical (unpaired) electrons. The van der Waals surface area contributed by atoms with Crippen molar-refractivity contribution >= 4 is 11.9 Å². The van der Waals surface area contributed by atoms with E-state index in [1.807, 2.05) is 13.8 Å². The molecule has 5 nitrogen and oxygen atoms in total. The summed E-state index contributed by atoms with van der Waals surface area (Å²) < 4.78 is 5.40. The molecule has 0 saturated heterocycles. The fraction of sp³-hybridized carbons (Fsp3) is 0.857. The standard InChI is InChI=1S/C14H27NO4/c1-9(2)6-7-19-11(5)13(16)15-12(14(17)18)8-10(3)4/h9-12H,6-8H2,1-5H3,(H,15,16)(H,17,18). The molecule has 2 N–H and O–H groups in total. The maximum absolute atomic E-state index is 11.8. The molecule has 2 atom stereocenters. The van der Waals surface area contributed by atoms with Crippen molar-refractivity contribution in [1.29, 1.82) is 0 Å². The second-order valence-corrected chi connectivity index (χ2v) is 5.72. The molecule has 0 aliphatic heterocycles. The van der Waals surface area contributed by atoms with Gasteiger partial charge in [-0.3, -0.25) is 4.79 Å². The highest BCUT2D eigenvalue weighted by Gasteiger charge is 2.23. The van der Waals surface area contributed by atoms with Gasteiger partial charge < -0.3 is 15.2 Å². The van der Waals surface area contributed by atoms with Crippen LogP contribution in [-0.4, -0.2) is 35.7 Å². The molecule has 0 aromatic carbocycles. The lowest BCUT2D eigenvalue weighted by Gasteiger charge is -2.19. The van der Waals surface area contributed by atoms with Gasteiger partial charge in [0.1, 0.15) is 12.1 Å². The lowest BCUT2D eigenvalue weighted by Crippen LogP contribution is -2.46. The summed E-state index contributed by atoms with van der Waals surface area (Å²) in [7, 11) is 0. The molecule has 19 heavy (non-hydrogen) atoms. The third-order valence-corrected chi connectivity index (χ3v) is 2.75. The summed E-state index contributed by atoms with van der Waals surface area (Å²) in [4.78, 5) is 22.9. The number of rotatable bonds is 9. The summed E-state index contributed by atoms with van der Waals surface area (Å²) >= 11 is 0. The molecular formula is C14H27NO4. The van der Waals surface area contributed by atoms with E-state index < -0.39 is 18.1 Å². The van der Waals surface area contributed by atoms with Gasteiger partial charge in [-0.15, -0.1) is 0 Å². The number of carboxylic acid groups (broad SMARTS) is 1. The maximum Gasteiger partial charge on any atom is 0.326 e. The summed E-state index contributed by atoms with van der Waals surface area (Å²) in [6.45, 7) is 10.2. The van der Waals surface area contributed by atoms with Crippen molar-refractivity contribution < 1.29 is 19.4 Å². The van der Waals surface area contributed by atoms with Crippen molar-refractivity contribution in [3.05, 3.63) is 0 Å². The molecule has 0 rings (SSSR count). The van der Waals surface area contributed by atoms with E-state index in [9.17, 15) is 9.59 Å². The van der Waals surface area contributed by atoms with Crippen LogP contribution in [0.5, 0.6) is 0 Å². The smallest absolute Gasteiger partial charge is 0.326 e. The summed E-state index contributed by atoms with van der Waals surface area (Å²) in [6.07, 6.45) is 0.680. The Balaban J connectivity index is 4.20. The monoisotopic (exact) mass is 273 g/mol. The molecule has 0 aromatic rings. The van der Waals surface area contributed by atoms with Crippen LogP contribution in [0.3, 0.4) is 0 Å². The van der Waals surface area contributed by atoms with E-state index in [1.54, 1.807) is 6.92 Å². The maximum atomic E-state index is 11.8. The molecule has 0 bridgehead atoms. The van der Waals surface area contributed by atoms with Gasteiger partial charge in [-0.25, -0.2) is 4.79 Å². The van der Waals surface area contributed by atoms with Crippen molar-refractivity contribution in [2.75, 3.05) is 6.61 Å². The highest BCUT2D eigenvalue weighted by molar-refractivity contribution is 5.86.